The molecule has 0 amide bonds. The maximum atomic E-state index is 12.3. The van der Waals surface area contributed by atoms with Gasteiger partial charge in [-0.25, -0.2) is 0 Å². The molecule has 0 saturated carbocycles. The minimum Gasteiger partial charge on any atom is -0.468 e. The molecule has 0 aromatic carbocycles. The minimum atomic E-state index is -4.02. The molecule has 0 radical (unpaired) electrons. The Bertz CT molecular complexity index is 369. The van der Waals surface area contributed by atoms with E-state index < -0.39 is 30.9 Å². The molecule has 0 rings (SSSR count). The zero-order valence-electron chi connectivity index (χ0n) is 11.3. The zero-order valence-corrected chi connectivity index (χ0v) is 12.2. The van der Waals surface area contributed by atoms with Gasteiger partial charge in [-0.1, -0.05) is 0 Å². The van der Waals surface area contributed by atoms with E-state index in [4.69, 9.17) is 14.5 Å². The monoisotopic (exact) mass is 295 g/mol. The van der Waals surface area contributed by atoms with Gasteiger partial charge in [0.2, 0.25) is 5.92 Å². The van der Waals surface area contributed by atoms with E-state index in [1.54, 1.807) is 13.8 Å². The van der Waals surface area contributed by atoms with Crippen molar-refractivity contribution in [2.24, 2.45) is 5.92 Å². The maximum Gasteiger partial charge on any atom is 0.376 e. The van der Waals surface area contributed by atoms with Crippen molar-refractivity contribution in [1.82, 2.24) is 0 Å². The molecule has 0 aliphatic carbocycles. The third-order valence-electron chi connectivity index (χ3n) is 2.04. The van der Waals surface area contributed by atoms with Gasteiger partial charge in [-0.2, -0.15) is 0 Å². The molecule has 9 heteroatoms. The lowest BCUT2D eigenvalue weighted by molar-refractivity contribution is -0.155. The van der Waals surface area contributed by atoms with Gasteiger partial charge >= 0.3 is 19.5 Å². The lowest BCUT2D eigenvalue weighted by Gasteiger charge is -2.21. The molecule has 0 saturated heterocycles. The first kappa shape index (κ1) is 17.8. The van der Waals surface area contributed by atoms with Gasteiger partial charge in [-0.3, -0.25) is 19.6 Å². The fraction of sp³-hybridized carbons (Fsp3) is 0.700. The Kier molecular flexibility index (Phi) is 7.51. The summed E-state index contributed by atoms with van der Waals surface area (Å²) in [6.45, 7) is 3.08. The zero-order chi connectivity index (χ0) is 15.1. The Morgan fingerprint density at radius 1 is 1.05 bits per heavy atom. The van der Waals surface area contributed by atoms with Crippen molar-refractivity contribution in [3.05, 3.63) is 0 Å². The van der Waals surface area contributed by atoms with E-state index in [1.165, 1.54) is 0 Å². The van der Waals surface area contributed by atoms with E-state index in [0.717, 1.165) is 14.2 Å². The Morgan fingerprint density at radius 3 is 1.68 bits per heavy atom. The van der Waals surface area contributed by atoms with E-state index in [1.807, 2.05) is 0 Å². The number of carbonyl (C=O) groups excluding carboxylic acids is 2. The summed E-state index contributed by atoms with van der Waals surface area (Å²) in [5.41, 5.74) is -0.796. The van der Waals surface area contributed by atoms with Crippen LogP contribution in [-0.2, 0) is 32.7 Å². The number of hydrogen-bond acceptors (Lipinski definition) is 8. The van der Waals surface area contributed by atoms with E-state index >= 15 is 0 Å². The Morgan fingerprint density at radius 2 is 1.42 bits per heavy atom. The van der Waals surface area contributed by atoms with Crippen LogP contribution in [0.15, 0.2) is 0 Å². The van der Waals surface area contributed by atoms with Crippen LogP contribution >= 0.6 is 7.60 Å². The number of carbonyl (C=O) groups is 2. The van der Waals surface area contributed by atoms with E-state index in [0.29, 0.717) is 0 Å². The van der Waals surface area contributed by atoms with Gasteiger partial charge < -0.3 is 18.5 Å². The molecule has 1 N–H and O–H groups in total. The number of methoxy groups -OCH3 is 2. The first-order valence-corrected chi connectivity index (χ1v) is 7.05. The van der Waals surface area contributed by atoms with Crippen LogP contribution in [0.2, 0.25) is 0 Å². The van der Waals surface area contributed by atoms with Crippen LogP contribution in [-0.4, -0.2) is 44.8 Å². The first-order valence-electron chi connectivity index (χ1n) is 5.51. The number of ether oxygens (including phenoxy) is 2. The highest BCUT2D eigenvalue weighted by atomic mass is 31.2. The summed E-state index contributed by atoms with van der Waals surface area (Å²) in [6.07, 6.45) is 0. The Balaban J connectivity index is 5.42. The van der Waals surface area contributed by atoms with Crippen LogP contribution in [0.25, 0.3) is 0 Å². The average Bonchev–Trinajstić information content (AvgIpc) is 2.38. The van der Waals surface area contributed by atoms with Gasteiger partial charge in [0.25, 0.3) is 0 Å². The van der Waals surface area contributed by atoms with E-state index in [2.05, 4.69) is 9.47 Å². The van der Waals surface area contributed by atoms with E-state index in [-0.39, 0.29) is 13.2 Å². The highest BCUT2D eigenvalue weighted by Gasteiger charge is 2.45. The average molecular weight is 295 g/mol. The molecular weight excluding hydrogens is 277 g/mol. The van der Waals surface area contributed by atoms with Gasteiger partial charge in [0.1, 0.15) is 5.45 Å². The molecule has 0 fully saturated rings. The number of nitrogens with one attached hydrogen (secondary N) is 1. The lowest BCUT2D eigenvalue weighted by atomic mass is 10.2. The highest BCUT2D eigenvalue weighted by molar-refractivity contribution is 7.72. The Labute approximate surface area is 111 Å². The van der Waals surface area contributed by atoms with Crippen LogP contribution in [0.4, 0.5) is 0 Å². The summed E-state index contributed by atoms with van der Waals surface area (Å²) in [5, 5.41) is 7.76. The first-order chi connectivity index (χ1) is 8.87. The smallest absolute Gasteiger partial charge is 0.376 e. The summed E-state index contributed by atoms with van der Waals surface area (Å²) >= 11 is 0. The summed E-state index contributed by atoms with van der Waals surface area (Å²) in [7, 11) is -1.94. The van der Waals surface area contributed by atoms with Crippen molar-refractivity contribution in [3.63, 3.8) is 0 Å². The largest absolute Gasteiger partial charge is 0.468 e. The van der Waals surface area contributed by atoms with Crippen LogP contribution in [0.3, 0.4) is 0 Å². The fourth-order valence-corrected chi connectivity index (χ4v) is 2.79. The van der Waals surface area contributed by atoms with Gasteiger partial charge in [0.05, 0.1) is 27.4 Å². The molecule has 0 bridgehead atoms. The Hall–Kier alpha value is -1.24. The molecule has 0 atom stereocenters. The molecule has 19 heavy (non-hydrogen) atoms. The van der Waals surface area contributed by atoms with Crippen molar-refractivity contribution < 1.29 is 32.7 Å². The predicted octanol–water partition coefficient (Wildman–Crippen LogP) is 1.19. The number of esters is 2. The van der Waals surface area contributed by atoms with Crippen LogP contribution in [0.5, 0.6) is 0 Å². The molecule has 0 aromatic rings. The van der Waals surface area contributed by atoms with Crippen molar-refractivity contribution in [3.8, 4) is 0 Å². The van der Waals surface area contributed by atoms with Crippen LogP contribution < -0.4 is 0 Å². The molecule has 0 aliphatic rings. The lowest BCUT2D eigenvalue weighted by Crippen LogP contribution is -2.34. The summed E-state index contributed by atoms with van der Waals surface area (Å²) in [6, 6.07) is 0. The van der Waals surface area contributed by atoms with Crippen molar-refractivity contribution >= 4 is 25.0 Å². The van der Waals surface area contributed by atoms with Crippen LogP contribution in [0, 0.1) is 11.3 Å². The third kappa shape index (κ3) is 4.41. The molecule has 0 heterocycles. The van der Waals surface area contributed by atoms with E-state index in [9.17, 15) is 14.2 Å². The molecule has 0 spiro atoms. The number of hydrogen-bond donors (Lipinski definition) is 1. The molecule has 8 nitrogen and oxygen atoms in total. The maximum absolute atomic E-state index is 12.3. The predicted molar refractivity (Wildman–Crippen MR) is 66.1 cm³/mol. The van der Waals surface area contributed by atoms with Crippen molar-refractivity contribution in [2.45, 2.75) is 13.8 Å². The van der Waals surface area contributed by atoms with Crippen molar-refractivity contribution in [2.75, 3.05) is 27.4 Å². The fourth-order valence-electron chi connectivity index (χ4n) is 1.23. The van der Waals surface area contributed by atoms with Gasteiger partial charge in [-0.15, -0.1) is 0 Å². The summed E-state index contributed by atoms with van der Waals surface area (Å²) < 4.78 is 30.9. The second-order valence-electron chi connectivity index (χ2n) is 3.20. The van der Waals surface area contributed by atoms with Gasteiger partial charge in [0.15, 0.2) is 0 Å². The summed E-state index contributed by atoms with van der Waals surface area (Å²) in [4.78, 5) is 23.0. The molecule has 0 unspecified atom stereocenters. The molecule has 0 aromatic heterocycles. The van der Waals surface area contributed by atoms with Gasteiger partial charge in [0, 0.05) is 0 Å². The minimum absolute atomic E-state index is 0.00524. The van der Waals surface area contributed by atoms with Crippen molar-refractivity contribution in [1.29, 1.82) is 5.41 Å². The highest BCUT2D eigenvalue weighted by Crippen LogP contribution is 2.51. The SMILES string of the molecule is CCOP(=O)(OCC)C(=N)C(C(=O)OC)C(=O)OC. The molecule has 0 aliphatic heterocycles. The second-order valence-corrected chi connectivity index (χ2v) is 5.19. The number of rotatable bonds is 8. The summed E-state index contributed by atoms with van der Waals surface area (Å²) in [5.74, 6) is -3.88. The van der Waals surface area contributed by atoms with Gasteiger partial charge in [-0.05, 0) is 13.8 Å². The normalized spacial score (nSPS) is 11.2. The second kappa shape index (κ2) is 8.04. The quantitative estimate of drug-likeness (QED) is 0.310. The standard InChI is InChI=1S/C10H18NO7P/c1-5-17-19(14,18-6-2)8(11)7(9(12)15-3)10(13)16-4/h7,11H,5-6H2,1-4H3. The van der Waals surface area contributed by atoms with Crippen LogP contribution in [0.1, 0.15) is 13.8 Å². The third-order valence-corrected chi connectivity index (χ3v) is 4.08. The topological polar surface area (TPSA) is 112 Å². The molecule has 110 valence electrons. The molecular formula is C10H18NO7P.